The van der Waals surface area contributed by atoms with Gasteiger partial charge in [0, 0.05) is 113 Å². The van der Waals surface area contributed by atoms with E-state index in [-0.39, 0.29) is 47.4 Å². The number of likely N-dealkylation sites (N-methyl/N-ethyl adjacent to an activating group) is 2. The molecule has 0 radical (unpaired) electrons. The Hall–Kier alpha value is -6.21. The third-order valence-electron chi connectivity index (χ3n) is 17.6. The van der Waals surface area contributed by atoms with Crippen molar-refractivity contribution in [2.24, 2.45) is 0 Å². The van der Waals surface area contributed by atoms with Crippen molar-refractivity contribution in [3.63, 3.8) is 0 Å². The number of aliphatic carboxylic acids is 1. The summed E-state index contributed by atoms with van der Waals surface area (Å²) in [6, 6.07) is 44.7. The summed E-state index contributed by atoms with van der Waals surface area (Å²) in [5.74, 6) is -3.73. The number of likely N-dealkylation sites (tertiary alicyclic amines) is 2. The molecule has 510 valence electrons. The molecule has 10 rings (SSSR count). The van der Waals surface area contributed by atoms with Gasteiger partial charge in [-0.25, -0.2) is 8.78 Å². The molecule has 4 aliphatic rings. The van der Waals surface area contributed by atoms with Crippen LogP contribution >= 0.6 is 0 Å². The van der Waals surface area contributed by atoms with Crippen LogP contribution in [0.1, 0.15) is 106 Å². The number of hydrogen-bond acceptors (Lipinski definition) is 10. The molecule has 94 heavy (non-hydrogen) atoms. The molecular weight excluding hydrogens is 1310 g/mol. The monoisotopic (exact) mass is 1410 g/mol. The Kier molecular flexibility index (Phi) is 28.1. The van der Waals surface area contributed by atoms with E-state index in [9.17, 15) is 22.8 Å². The lowest BCUT2D eigenvalue weighted by molar-refractivity contribution is -0.872. The van der Waals surface area contributed by atoms with Gasteiger partial charge in [0.25, 0.3) is 11.8 Å². The third kappa shape index (κ3) is 24.2. The number of rotatable bonds is 20. The van der Waals surface area contributed by atoms with Crippen molar-refractivity contribution in [1.82, 2.24) is 40.9 Å². The SMILES string of the molecule is C[C@H]1CN(Cc2cccc(-c3cc(CNC(=O)c4cccc(CN5CCCCC5C[N+](C)(C)C)c4)ccc3F)c2)CCN1.C[C@H]1CN(Cc2cccc(-c3cc(CNC(=O)c4cccc(CN5CCCCC5C[N+](C)(C)C)c4)ccc3F)c2)CCN1.O=C([O-])C(F)(F)F.[I-]. The van der Waals surface area contributed by atoms with Gasteiger partial charge in [-0.15, -0.1) is 0 Å². The predicted octanol–water partition coefficient (Wildman–Crippen LogP) is 6.86. The van der Waals surface area contributed by atoms with E-state index in [4.69, 9.17) is 9.90 Å². The zero-order valence-corrected chi connectivity index (χ0v) is 58.3. The number of quaternary nitrogens is 2. The van der Waals surface area contributed by atoms with Crippen molar-refractivity contribution in [1.29, 1.82) is 0 Å². The molecule has 0 aliphatic carbocycles. The molecule has 6 aromatic rings. The summed E-state index contributed by atoms with van der Waals surface area (Å²) in [4.78, 5) is 45.2. The van der Waals surface area contributed by atoms with Crippen LogP contribution in [0.2, 0.25) is 0 Å². The summed E-state index contributed by atoms with van der Waals surface area (Å²) in [5, 5.41) is 21.9. The van der Waals surface area contributed by atoms with Crippen LogP contribution in [0, 0.1) is 11.6 Å². The molecule has 4 aliphatic heterocycles. The van der Waals surface area contributed by atoms with Crippen LogP contribution in [-0.4, -0.2) is 184 Å². The van der Waals surface area contributed by atoms with Crippen molar-refractivity contribution >= 4 is 17.8 Å². The highest BCUT2D eigenvalue weighted by Crippen LogP contribution is 2.29. The molecule has 2 unspecified atom stereocenters. The average Bonchev–Trinajstić information content (AvgIpc) is 0.958. The molecule has 6 aromatic carbocycles. The highest BCUT2D eigenvalue weighted by Gasteiger charge is 2.31. The van der Waals surface area contributed by atoms with E-state index in [2.05, 4.69) is 133 Å². The van der Waals surface area contributed by atoms with Crippen LogP contribution in [-0.2, 0) is 44.1 Å². The number of amides is 2. The van der Waals surface area contributed by atoms with Gasteiger partial charge in [-0.05, 0) is 158 Å². The Morgan fingerprint density at radius 3 is 1.24 bits per heavy atom. The van der Waals surface area contributed by atoms with E-state index in [1.165, 1.54) is 72.9 Å². The molecule has 4 atom stereocenters. The standard InChI is InChI=1S/2C36H48FN5O.C2HF3O2.HI/c2*1-27-23-40(18-16-38-27)24-29-9-7-11-31(19-29)34-21-28(14-15-35(34)37)22-39-36(43)32-12-8-10-30(20-32)25-41-17-6-5-13-33(41)26-42(2,3)4;3-2(4,5)1(6)7;/h2*7-12,14-15,19-21,27,33,38H,5-6,13,16-18,22-26H2,1-4H3;(H,6,7);1H/t2*27-,33?;;/m00../s1. The van der Waals surface area contributed by atoms with Crippen LogP contribution in [0.5, 0.6) is 0 Å². The molecule has 0 spiro atoms. The fourth-order valence-electron chi connectivity index (χ4n) is 13.2. The van der Waals surface area contributed by atoms with E-state index in [0.717, 1.165) is 123 Å². The first-order valence-corrected chi connectivity index (χ1v) is 33.0. The van der Waals surface area contributed by atoms with Crippen LogP contribution in [0.4, 0.5) is 22.0 Å². The number of hydrogen-bond donors (Lipinski definition) is 4. The first-order valence-electron chi connectivity index (χ1n) is 33.0. The molecule has 4 N–H and O–H groups in total. The summed E-state index contributed by atoms with van der Waals surface area (Å²) in [7, 11) is 13.5. The Bertz CT molecular complexity index is 3220. The van der Waals surface area contributed by atoms with Gasteiger partial charge in [-0.1, -0.05) is 85.6 Å². The largest absolute Gasteiger partial charge is 1.00 e. The number of piperidine rings is 2. The Morgan fingerprint density at radius 1 is 0.511 bits per heavy atom. The lowest BCUT2D eigenvalue weighted by atomic mass is 9.99. The Morgan fingerprint density at radius 2 is 0.883 bits per heavy atom. The number of carbonyl (C=O) groups is 3. The van der Waals surface area contributed by atoms with Gasteiger partial charge in [0.1, 0.15) is 17.6 Å². The van der Waals surface area contributed by atoms with E-state index < -0.39 is 12.1 Å². The number of alkyl halides is 3. The molecule has 4 heterocycles. The molecule has 14 nitrogen and oxygen atoms in total. The zero-order valence-electron chi connectivity index (χ0n) is 56.2. The van der Waals surface area contributed by atoms with Gasteiger partial charge in [0.15, 0.2) is 0 Å². The highest BCUT2D eigenvalue weighted by molar-refractivity contribution is 5.95. The molecular formula is C74H98F5IN10O4. The average molecular weight is 1410 g/mol. The van der Waals surface area contributed by atoms with E-state index in [0.29, 0.717) is 59.5 Å². The fourth-order valence-corrected chi connectivity index (χ4v) is 13.2. The minimum atomic E-state index is -5.19. The maximum atomic E-state index is 15.0. The van der Waals surface area contributed by atoms with Crippen molar-refractivity contribution in [3.05, 3.63) is 190 Å². The quantitative estimate of drug-likeness (QED) is 0.0365. The fraction of sp³-hybridized carbons (Fsp3) is 0.473. The third-order valence-corrected chi connectivity index (χ3v) is 17.6. The smallest absolute Gasteiger partial charge is 0.430 e. The van der Waals surface area contributed by atoms with Crippen molar-refractivity contribution in [2.75, 3.05) is 108 Å². The minimum Gasteiger partial charge on any atom is -1.00 e. The summed E-state index contributed by atoms with van der Waals surface area (Å²) in [6.07, 6.45) is 2.30. The normalized spacial score (nSPS) is 19.3. The van der Waals surface area contributed by atoms with Gasteiger partial charge in [0.05, 0.1) is 67.5 Å². The number of nitrogens with one attached hydrogen (secondary N) is 4. The lowest BCUT2D eigenvalue weighted by Gasteiger charge is -2.39. The minimum absolute atomic E-state index is 0. The van der Waals surface area contributed by atoms with Gasteiger partial charge in [-0.3, -0.25) is 29.2 Å². The van der Waals surface area contributed by atoms with E-state index in [1.807, 2.05) is 72.8 Å². The number of carboxylic acid groups (broad SMARTS) is 1. The first-order chi connectivity index (χ1) is 44.2. The lowest BCUT2D eigenvalue weighted by Crippen LogP contribution is -3.00. The highest BCUT2D eigenvalue weighted by atomic mass is 127. The summed E-state index contributed by atoms with van der Waals surface area (Å²) in [5.41, 5.74) is 10.6. The summed E-state index contributed by atoms with van der Waals surface area (Å²) in [6.45, 7) is 19.0. The molecule has 20 heteroatoms. The molecule has 0 bridgehead atoms. The van der Waals surface area contributed by atoms with Crippen LogP contribution < -0.4 is 50.4 Å². The van der Waals surface area contributed by atoms with Crippen molar-refractivity contribution < 1.29 is 74.4 Å². The van der Waals surface area contributed by atoms with E-state index in [1.54, 1.807) is 12.1 Å². The van der Waals surface area contributed by atoms with Gasteiger partial charge >= 0.3 is 6.18 Å². The molecule has 4 saturated heterocycles. The zero-order chi connectivity index (χ0) is 66.9. The second-order valence-corrected chi connectivity index (χ2v) is 27.9. The predicted molar refractivity (Wildman–Crippen MR) is 357 cm³/mol. The number of nitrogens with zero attached hydrogens (tertiary/aromatic N) is 6. The molecule has 4 fully saturated rings. The van der Waals surface area contributed by atoms with Crippen LogP contribution in [0.25, 0.3) is 22.3 Å². The molecule has 0 aromatic heterocycles. The number of benzene rings is 6. The maximum Gasteiger partial charge on any atom is 0.430 e. The second-order valence-electron chi connectivity index (χ2n) is 27.9. The number of halogens is 6. The van der Waals surface area contributed by atoms with Crippen molar-refractivity contribution in [2.45, 2.75) is 122 Å². The molecule has 0 saturated carbocycles. The van der Waals surface area contributed by atoms with Gasteiger partial charge in [-0.2, -0.15) is 13.2 Å². The number of carbonyl (C=O) groups excluding carboxylic acids is 3. The number of piperazine rings is 2. The second kappa shape index (κ2) is 35.2. The Labute approximate surface area is 571 Å². The van der Waals surface area contributed by atoms with Crippen LogP contribution in [0.3, 0.4) is 0 Å². The van der Waals surface area contributed by atoms with Gasteiger partial charge in [0.2, 0.25) is 0 Å². The van der Waals surface area contributed by atoms with E-state index >= 15 is 8.78 Å². The maximum absolute atomic E-state index is 15.0. The van der Waals surface area contributed by atoms with Crippen molar-refractivity contribution in [3.8, 4) is 22.3 Å². The summed E-state index contributed by atoms with van der Waals surface area (Å²) < 4.78 is 63.5. The number of carboxylic acids is 1. The topological polar surface area (TPSA) is 135 Å². The molecule has 2 amide bonds. The first kappa shape index (κ1) is 75.2. The van der Waals surface area contributed by atoms with Gasteiger partial charge < -0.3 is 64.1 Å². The summed E-state index contributed by atoms with van der Waals surface area (Å²) >= 11 is 0. The Balaban J connectivity index is 0.000000239. The van der Waals surface area contributed by atoms with Crippen LogP contribution in [0.15, 0.2) is 133 Å².